The lowest BCUT2D eigenvalue weighted by molar-refractivity contribution is -0.145. The molecule has 1 unspecified atom stereocenters. The Hall–Kier alpha value is -1.96. The quantitative estimate of drug-likeness (QED) is 0.813. The topological polar surface area (TPSA) is 99.6 Å². The van der Waals surface area contributed by atoms with Crippen molar-refractivity contribution in [3.8, 4) is 0 Å². The van der Waals surface area contributed by atoms with Gasteiger partial charge in [0.05, 0.1) is 17.6 Å². The molecule has 2 N–H and O–H groups in total. The molecule has 1 atom stereocenters. The minimum absolute atomic E-state index is 0.131. The molecule has 1 aliphatic heterocycles. The second-order valence-corrected chi connectivity index (χ2v) is 5.64. The van der Waals surface area contributed by atoms with Crippen LogP contribution in [0.4, 0.5) is 0 Å². The summed E-state index contributed by atoms with van der Waals surface area (Å²) in [5.41, 5.74) is 2.31. The van der Waals surface area contributed by atoms with Crippen LogP contribution in [0.25, 0.3) is 0 Å². The lowest BCUT2D eigenvalue weighted by Crippen LogP contribution is -2.49. The Balaban J connectivity index is 1.95. The van der Waals surface area contributed by atoms with Crippen LogP contribution >= 0.6 is 11.3 Å². The summed E-state index contributed by atoms with van der Waals surface area (Å²) < 4.78 is 0. The van der Waals surface area contributed by atoms with Crippen LogP contribution in [0.3, 0.4) is 0 Å². The molecule has 2 heterocycles. The molecule has 1 fully saturated rings. The van der Waals surface area contributed by atoms with Gasteiger partial charge in [-0.3, -0.25) is 14.4 Å². The number of nitrogens with zero attached hydrogens (tertiary/aromatic N) is 2. The summed E-state index contributed by atoms with van der Waals surface area (Å²) in [6.45, 7) is 0.0981. The first-order valence-corrected chi connectivity index (χ1v) is 7.67. The third kappa shape index (κ3) is 4.52. The molecule has 7 nitrogen and oxygen atoms in total. The van der Waals surface area contributed by atoms with E-state index in [1.807, 2.05) is 0 Å². The van der Waals surface area contributed by atoms with Crippen molar-refractivity contribution in [3.05, 3.63) is 16.6 Å². The van der Waals surface area contributed by atoms with Crippen molar-refractivity contribution >= 4 is 29.1 Å². The predicted molar refractivity (Wildman–Crippen MR) is 75.8 cm³/mol. The largest absolute Gasteiger partial charge is 0.480 e. The molecule has 0 aromatic carbocycles. The van der Waals surface area contributed by atoms with Gasteiger partial charge in [-0.2, -0.15) is 0 Å². The van der Waals surface area contributed by atoms with Crippen molar-refractivity contribution in [1.82, 2.24) is 15.2 Å². The predicted octanol–water partition coefficient (Wildman–Crippen LogP) is 0.267. The fraction of sp³-hybridized carbons (Fsp3) is 0.538. The standard InChI is InChI=1S/C13H17N3O4S/c17-11(5-9-7-21-8-14-9)15-10-3-1-2-4-16(13(10)20)6-12(18)19/h7-8,10H,1-6H2,(H,15,17)(H,18,19). The van der Waals surface area contributed by atoms with Gasteiger partial charge in [-0.05, 0) is 19.3 Å². The van der Waals surface area contributed by atoms with Crippen molar-refractivity contribution < 1.29 is 19.5 Å². The molecule has 114 valence electrons. The summed E-state index contributed by atoms with van der Waals surface area (Å²) >= 11 is 1.41. The zero-order valence-electron chi connectivity index (χ0n) is 11.4. The molecular weight excluding hydrogens is 294 g/mol. The molecule has 0 radical (unpaired) electrons. The summed E-state index contributed by atoms with van der Waals surface area (Å²) in [4.78, 5) is 40.3. The molecule has 0 bridgehead atoms. The maximum Gasteiger partial charge on any atom is 0.323 e. The Labute approximate surface area is 126 Å². The van der Waals surface area contributed by atoms with Crippen LogP contribution in [-0.4, -0.2) is 51.9 Å². The number of amides is 2. The number of carbonyl (C=O) groups excluding carboxylic acids is 2. The van der Waals surface area contributed by atoms with Crippen molar-refractivity contribution in [1.29, 1.82) is 0 Å². The van der Waals surface area contributed by atoms with Crippen LogP contribution in [0.5, 0.6) is 0 Å². The van der Waals surface area contributed by atoms with E-state index in [1.54, 1.807) is 10.9 Å². The first-order chi connectivity index (χ1) is 10.1. The van der Waals surface area contributed by atoms with Gasteiger partial charge in [-0.15, -0.1) is 11.3 Å². The number of aromatic nitrogens is 1. The number of rotatable bonds is 5. The number of hydrogen-bond acceptors (Lipinski definition) is 5. The summed E-state index contributed by atoms with van der Waals surface area (Å²) in [6, 6.07) is -0.641. The first kappa shape index (κ1) is 15.4. The van der Waals surface area contributed by atoms with Crippen molar-refractivity contribution in [2.75, 3.05) is 13.1 Å². The van der Waals surface area contributed by atoms with Gasteiger partial charge in [-0.25, -0.2) is 4.98 Å². The van der Waals surface area contributed by atoms with E-state index in [-0.39, 0.29) is 24.8 Å². The molecule has 2 rings (SSSR count). The average Bonchev–Trinajstić information content (AvgIpc) is 2.86. The SMILES string of the molecule is O=C(O)CN1CCCCC(NC(=O)Cc2cscn2)C1=O. The number of hydrogen-bond donors (Lipinski definition) is 2. The molecule has 0 aliphatic carbocycles. The van der Waals surface area contributed by atoms with Crippen molar-refractivity contribution in [2.24, 2.45) is 0 Å². The van der Waals surface area contributed by atoms with Crippen LogP contribution in [-0.2, 0) is 20.8 Å². The van der Waals surface area contributed by atoms with Crippen molar-refractivity contribution in [3.63, 3.8) is 0 Å². The second-order valence-electron chi connectivity index (χ2n) is 4.93. The molecule has 1 aromatic rings. The van der Waals surface area contributed by atoms with E-state index in [1.165, 1.54) is 16.2 Å². The van der Waals surface area contributed by atoms with E-state index in [2.05, 4.69) is 10.3 Å². The highest BCUT2D eigenvalue weighted by atomic mass is 32.1. The van der Waals surface area contributed by atoms with Gasteiger partial charge in [0, 0.05) is 11.9 Å². The van der Waals surface area contributed by atoms with Gasteiger partial charge >= 0.3 is 5.97 Å². The Morgan fingerprint density at radius 1 is 1.48 bits per heavy atom. The number of aliphatic carboxylic acids is 1. The summed E-state index contributed by atoms with van der Waals surface area (Å²) in [7, 11) is 0. The molecular formula is C13H17N3O4S. The lowest BCUT2D eigenvalue weighted by Gasteiger charge is -2.23. The van der Waals surface area contributed by atoms with E-state index >= 15 is 0 Å². The van der Waals surface area contributed by atoms with Gasteiger partial charge in [-0.1, -0.05) is 0 Å². The first-order valence-electron chi connectivity index (χ1n) is 6.73. The van der Waals surface area contributed by atoms with Crippen molar-refractivity contribution in [2.45, 2.75) is 31.7 Å². The van der Waals surface area contributed by atoms with E-state index in [4.69, 9.17) is 5.11 Å². The minimum atomic E-state index is -1.04. The normalized spacial score (nSPS) is 19.1. The molecule has 21 heavy (non-hydrogen) atoms. The highest BCUT2D eigenvalue weighted by molar-refractivity contribution is 7.07. The average molecular weight is 311 g/mol. The van der Waals surface area contributed by atoms with Gasteiger partial charge in [0.2, 0.25) is 11.8 Å². The Bertz CT molecular complexity index is 517. The smallest absolute Gasteiger partial charge is 0.323 e. The molecule has 2 amide bonds. The van der Waals surface area contributed by atoms with Crippen LogP contribution in [0.15, 0.2) is 10.9 Å². The van der Waals surface area contributed by atoms with E-state index in [0.29, 0.717) is 18.7 Å². The molecule has 1 saturated heterocycles. The van der Waals surface area contributed by atoms with E-state index in [9.17, 15) is 14.4 Å². The number of thiazole rings is 1. The Morgan fingerprint density at radius 3 is 2.95 bits per heavy atom. The minimum Gasteiger partial charge on any atom is -0.480 e. The zero-order chi connectivity index (χ0) is 15.2. The van der Waals surface area contributed by atoms with Crippen LogP contribution in [0, 0.1) is 0 Å². The number of nitrogens with one attached hydrogen (secondary N) is 1. The Kier molecular flexibility index (Phi) is 5.26. The molecule has 1 aliphatic rings. The number of carboxylic acids is 1. The van der Waals surface area contributed by atoms with Crippen LogP contribution < -0.4 is 5.32 Å². The van der Waals surface area contributed by atoms with Gasteiger partial charge in [0.1, 0.15) is 12.6 Å². The molecule has 8 heteroatoms. The van der Waals surface area contributed by atoms with Crippen LogP contribution in [0.2, 0.25) is 0 Å². The monoisotopic (exact) mass is 311 g/mol. The molecule has 1 aromatic heterocycles. The maximum atomic E-state index is 12.3. The Morgan fingerprint density at radius 2 is 2.29 bits per heavy atom. The van der Waals surface area contributed by atoms with E-state index in [0.717, 1.165) is 12.8 Å². The summed E-state index contributed by atoms with van der Waals surface area (Å²) in [5.74, 6) is -1.63. The number of carbonyl (C=O) groups is 3. The second kappa shape index (κ2) is 7.16. The molecule has 0 spiro atoms. The van der Waals surface area contributed by atoms with Gasteiger partial charge < -0.3 is 15.3 Å². The highest BCUT2D eigenvalue weighted by Crippen LogP contribution is 2.12. The highest BCUT2D eigenvalue weighted by Gasteiger charge is 2.29. The van der Waals surface area contributed by atoms with Gasteiger partial charge in [0.25, 0.3) is 0 Å². The summed E-state index contributed by atoms with van der Waals surface area (Å²) in [6.07, 6.45) is 2.20. The number of likely N-dealkylation sites (tertiary alicyclic amines) is 1. The van der Waals surface area contributed by atoms with Crippen LogP contribution in [0.1, 0.15) is 25.0 Å². The van der Waals surface area contributed by atoms with Gasteiger partial charge in [0.15, 0.2) is 0 Å². The van der Waals surface area contributed by atoms with E-state index < -0.39 is 12.0 Å². The third-order valence-electron chi connectivity index (χ3n) is 3.27. The summed E-state index contributed by atoms with van der Waals surface area (Å²) in [5, 5.41) is 13.3. The zero-order valence-corrected chi connectivity index (χ0v) is 12.3. The third-order valence-corrected chi connectivity index (χ3v) is 3.90. The fourth-order valence-corrected chi connectivity index (χ4v) is 2.85. The lowest BCUT2D eigenvalue weighted by atomic mass is 10.1. The maximum absolute atomic E-state index is 12.3. The molecule has 0 saturated carbocycles. The number of carboxylic acid groups (broad SMARTS) is 1. The fourth-order valence-electron chi connectivity index (χ4n) is 2.29.